The minimum Gasteiger partial charge on any atom is -0.495 e. The highest BCUT2D eigenvalue weighted by Gasteiger charge is 2.27. The van der Waals surface area contributed by atoms with Crippen molar-refractivity contribution in [3.63, 3.8) is 0 Å². The molecule has 1 aromatic rings. The number of rotatable bonds is 1. The molecular weight excluding hydrogens is 312 g/mol. The van der Waals surface area contributed by atoms with Crippen molar-refractivity contribution < 1.29 is 9.53 Å². The fourth-order valence-electron chi connectivity index (χ4n) is 1.74. The van der Waals surface area contributed by atoms with Gasteiger partial charge in [-0.3, -0.25) is 4.79 Å². The molecule has 0 saturated heterocycles. The van der Waals surface area contributed by atoms with E-state index in [1.54, 1.807) is 7.11 Å². The quantitative estimate of drug-likeness (QED) is 0.793. The highest BCUT2D eigenvalue weighted by molar-refractivity contribution is 9.11. The van der Waals surface area contributed by atoms with Crippen LogP contribution < -0.4 is 4.74 Å². The molecule has 0 fully saturated rings. The van der Waals surface area contributed by atoms with E-state index in [2.05, 4.69) is 31.9 Å². The molecule has 0 heterocycles. The Bertz CT molecular complexity index is 413. The van der Waals surface area contributed by atoms with Crippen LogP contribution in [0.4, 0.5) is 0 Å². The molecule has 0 unspecified atom stereocenters. The summed E-state index contributed by atoms with van der Waals surface area (Å²) in [6.07, 6.45) is 1.39. The average Bonchev–Trinajstić information content (AvgIpc) is 2.50. The molecule has 0 N–H and O–H groups in total. The van der Waals surface area contributed by atoms with Crippen molar-refractivity contribution in [2.75, 3.05) is 7.11 Å². The molecule has 0 amide bonds. The van der Waals surface area contributed by atoms with Gasteiger partial charge in [0.05, 0.1) is 17.1 Å². The zero-order chi connectivity index (χ0) is 10.3. The van der Waals surface area contributed by atoms with Gasteiger partial charge in [-0.05, 0) is 34.0 Å². The summed E-state index contributed by atoms with van der Waals surface area (Å²) < 4.78 is 7.02. The van der Waals surface area contributed by atoms with Gasteiger partial charge in [0.15, 0.2) is 5.78 Å². The number of benzene rings is 1. The van der Waals surface area contributed by atoms with Crippen LogP contribution in [0.1, 0.15) is 22.3 Å². The van der Waals surface area contributed by atoms with E-state index >= 15 is 0 Å². The molecule has 0 saturated carbocycles. The van der Waals surface area contributed by atoms with E-state index in [0.717, 1.165) is 26.5 Å². The fourth-order valence-corrected chi connectivity index (χ4v) is 3.26. The third-order valence-corrected chi connectivity index (χ3v) is 3.67. The minimum atomic E-state index is 0.166. The van der Waals surface area contributed by atoms with Crippen LogP contribution in [0, 0.1) is 0 Å². The molecule has 2 rings (SSSR count). The van der Waals surface area contributed by atoms with Crippen molar-refractivity contribution in [1.29, 1.82) is 0 Å². The van der Waals surface area contributed by atoms with Crippen LogP contribution in [0.3, 0.4) is 0 Å². The van der Waals surface area contributed by atoms with Gasteiger partial charge in [0.1, 0.15) is 5.75 Å². The number of carbonyl (C=O) groups is 1. The second kappa shape index (κ2) is 3.66. The molecule has 0 aliphatic heterocycles. The van der Waals surface area contributed by atoms with E-state index in [4.69, 9.17) is 4.74 Å². The van der Waals surface area contributed by atoms with Gasteiger partial charge in [0.25, 0.3) is 0 Å². The molecule has 1 aliphatic rings. The van der Waals surface area contributed by atoms with Crippen molar-refractivity contribution in [3.8, 4) is 5.75 Å². The fraction of sp³-hybridized carbons (Fsp3) is 0.300. The molecule has 74 valence electrons. The van der Waals surface area contributed by atoms with Crippen LogP contribution in [0.5, 0.6) is 5.75 Å². The lowest BCUT2D eigenvalue weighted by Gasteiger charge is -2.10. The van der Waals surface area contributed by atoms with Gasteiger partial charge < -0.3 is 4.74 Å². The first-order valence-corrected chi connectivity index (χ1v) is 5.81. The third kappa shape index (κ3) is 1.41. The van der Waals surface area contributed by atoms with E-state index in [9.17, 15) is 4.79 Å². The maximum Gasteiger partial charge on any atom is 0.167 e. The predicted molar refractivity (Wildman–Crippen MR) is 61.0 cm³/mol. The number of fused-ring (bicyclic) bond motifs is 1. The number of Topliss-reactive ketones (excluding diaryl/α,β-unsaturated/α-hetero) is 1. The molecule has 1 aliphatic carbocycles. The largest absolute Gasteiger partial charge is 0.495 e. The van der Waals surface area contributed by atoms with Crippen LogP contribution in [-0.2, 0) is 6.42 Å². The summed E-state index contributed by atoms with van der Waals surface area (Å²) in [4.78, 5) is 11.6. The van der Waals surface area contributed by atoms with Gasteiger partial charge in [-0.15, -0.1) is 0 Å². The van der Waals surface area contributed by atoms with Gasteiger partial charge in [0, 0.05) is 10.9 Å². The van der Waals surface area contributed by atoms with E-state index in [1.807, 2.05) is 6.07 Å². The predicted octanol–water partition coefficient (Wildman–Crippen LogP) is 3.35. The summed E-state index contributed by atoms with van der Waals surface area (Å²) in [5.74, 6) is 0.824. The second-order valence-corrected chi connectivity index (χ2v) is 4.86. The van der Waals surface area contributed by atoms with Gasteiger partial charge >= 0.3 is 0 Å². The zero-order valence-electron chi connectivity index (χ0n) is 7.56. The first-order chi connectivity index (χ1) is 6.65. The van der Waals surface area contributed by atoms with Crippen LogP contribution >= 0.6 is 31.9 Å². The minimum absolute atomic E-state index is 0.166. The molecule has 14 heavy (non-hydrogen) atoms. The summed E-state index contributed by atoms with van der Waals surface area (Å²) in [7, 11) is 1.58. The van der Waals surface area contributed by atoms with Gasteiger partial charge in [-0.25, -0.2) is 0 Å². The highest BCUT2D eigenvalue weighted by Crippen LogP contribution is 2.40. The van der Waals surface area contributed by atoms with Crippen molar-refractivity contribution in [2.45, 2.75) is 12.8 Å². The summed E-state index contributed by atoms with van der Waals surface area (Å²) in [5, 5.41) is 0. The topological polar surface area (TPSA) is 26.3 Å². The summed E-state index contributed by atoms with van der Waals surface area (Å²) in [5.41, 5.74) is 1.80. The Labute approximate surface area is 98.9 Å². The van der Waals surface area contributed by atoms with Crippen LogP contribution in [0.25, 0.3) is 0 Å². The zero-order valence-corrected chi connectivity index (χ0v) is 10.7. The van der Waals surface area contributed by atoms with Crippen LogP contribution in [0.2, 0.25) is 0 Å². The Morgan fingerprint density at radius 3 is 2.64 bits per heavy atom. The maximum atomic E-state index is 11.6. The standard InChI is InChI=1S/C10H8Br2O2/c1-14-10-7(12)4-6(11)5-2-3-8(13)9(5)10/h4H,2-3H2,1H3. The van der Waals surface area contributed by atoms with E-state index in [0.29, 0.717) is 12.2 Å². The highest BCUT2D eigenvalue weighted by atomic mass is 79.9. The maximum absolute atomic E-state index is 11.6. The molecule has 0 spiro atoms. The SMILES string of the molecule is COc1c(Br)cc(Br)c2c1C(=O)CC2. The molecule has 4 heteroatoms. The second-order valence-electron chi connectivity index (χ2n) is 3.15. The molecule has 0 bridgehead atoms. The van der Waals surface area contributed by atoms with E-state index < -0.39 is 0 Å². The van der Waals surface area contributed by atoms with Gasteiger partial charge in [-0.2, -0.15) is 0 Å². The smallest absolute Gasteiger partial charge is 0.167 e. The van der Waals surface area contributed by atoms with Crippen LogP contribution in [-0.4, -0.2) is 12.9 Å². The van der Waals surface area contributed by atoms with Crippen molar-refractivity contribution in [2.24, 2.45) is 0 Å². The summed E-state index contributed by atoms with van der Waals surface area (Å²) in [6.45, 7) is 0. The number of carbonyl (C=O) groups excluding carboxylic acids is 1. The lowest BCUT2D eigenvalue weighted by molar-refractivity contribution is 0.0992. The number of hydrogen-bond acceptors (Lipinski definition) is 2. The molecule has 2 nitrogen and oxygen atoms in total. The first-order valence-electron chi connectivity index (χ1n) is 4.23. The van der Waals surface area contributed by atoms with E-state index in [-0.39, 0.29) is 5.78 Å². The first kappa shape index (κ1) is 10.2. The molecule has 1 aromatic carbocycles. The number of ether oxygens (including phenoxy) is 1. The lowest BCUT2D eigenvalue weighted by Crippen LogP contribution is -1.98. The summed E-state index contributed by atoms with van der Waals surface area (Å²) in [6, 6.07) is 1.93. The molecular formula is C10H8Br2O2. The molecule has 0 aromatic heterocycles. The Morgan fingerprint density at radius 1 is 1.29 bits per heavy atom. The Balaban J connectivity index is 2.74. The van der Waals surface area contributed by atoms with Crippen molar-refractivity contribution in [3.05, 3.63) is 26.1 Å². The number of hydrogen-bond donors (Lipinski definition) is 0. The Morgan fingerprint density at radius 2 is 2.00 bits per heavy atom. The number of halogens is 2. The third-order valence-electron chi connectivity index (χ3n) is 2.37. The number of ketones is 1. The lowest BCUT2D eigenvalue weighted by atomic mass is 10.1. The Hall–Kier alpha value is -0.350. The average molecular weight is 320 g/mol. The number of methoxy groups -OCH3 is 1. The molecule has 0 radical (unpaired) electrons. The van der Waals surface area contributed by atoms with Crippen molar-refractivity contribution in [1.82, 2.24) is 0 Å². The van der Waals surface area contributed by atoms with Crippen molar-refractivity contribution >= 4 is 37.6 Å². The van der Waals surface area contributed by atoms with Gasteiger partial charge in [0.2, 0.25) is 0 Å². The normalized spacial score (nSPS) is 14.4. The van der Waals surface area contributed by atoms with Crippen LogP contribution in [0.15, 0.2) is 15.0 Å². The van der Waals surface area contributed by atoms with E-state index in [1.165, 1.54) is 0 Å². The monoisotopic (exact) mass is 318 g/mol. The molecule has 0 atom stereocenters. The summed E-state index contributed by atoms with van der Waals surface area (Å²) >= 11 is 6.83. The van der Waals surface area contributed by atoms with Gasteiger partial charge in [-0.1, -0.05) is 15.9 Å². The Kier molecular flexibility index (Phi) is 2.66.